The molecule has 0 saturated carbocycles. The second-order valence-corrected chi connectivity index (χ2v) is 6.03. The van der Waals surface area contributed by atoms with Crippen molar-refractivity contribution in [2.45, 2.75) is 25.8 Å². The number of rotatable bonds is 3. The molecule has 0 fully saturated rings. The molecular formula is C18H18ClNO. The lowest BCUT2D eigenvalue weighted by atomic mass is 9.85. The molecule has 2 aromatic rings. The molecule has 0 spiro atoms. The molecular weight excluding hydrogens is 282 g/mol. The molecule has 0 aliphatic carbocycles. The molecule has 2 nitrogen and oxygen atoms in total. The maximum atomic E-state index is 12.7. The summed E-state index contributed by atoms with van der Waals surface area (Å²) in [4.78, 5) is 12.7. The number of fused-ring (bicyclic) bond motifs is 1. The molecule has 1 atom stereocenters. The number of benzene rings is 2. The fraction of sp³-hybridized carbons (Fsp3) is 0.278. The summed E-state index contributed by atoms with van der Waals surface area (Å²) in [6.45, 7) is 3.54. The second-order valence-electron chi connectivity index (χ2n) is 5.62. The van der Waals surface area contributed by atoms with Gasteiger partial charge in [-0.05, 0) is 35.2 Å². The van der Waals surface area contributed by atoms with Crippen LogP contribution in [0.3, 0.4) is 0 Å². The highest BCUT2D eigenvalue weighted by Crippen LogP contribution is 2.27. The Balaban J connectivity index is 1.83. The number of carbonyl (C=O) groups excluding carboxylic acids is 1. The van der Waals surface area contributed by atoms with Crippen molar-refractivity contribution >= 4 is 17.4 Å². The van der Waals surface area contributed by atoms with E-state index in [0.29, 0.717) is 18.0 Å². The summed E-state index contributed by atoms with van der Waals surface area (Å²) in [6.07, 6.45) is 0.389. The number of nitrogens with one attached hydrogen (secondary N) is 1. The van der Waals surface area contributed by atoms with Crippen molar-refractivity contribution < 1.29 is 4.79 Å². The van der Waals surface area contributed by atoms with Gasteiger partial charge in [0, 0.05) is 24.5 Å². The quantitative estimate of drug-likeness (QED) is 0.937. The van der Waals surface area contributed by atoms with Gasteiger partial charge in [0.2, 0.25) is 0 Å². The van der Waals surface area contributed by atoms with E-state index in [9.17, 15) is 4.79 Å². The van der Waals surface area contributed by atoms with Gasteiger partial charge >= 0.3 is 0 Å². The maximum Gasteiger partial charge on any atom is 0.146 e. The van der Waals surface area contributed by atoms with Gasteiger partial charge in [-0.25, -0.2) is 0 Å². The molecule has 1 N–H and O–H groups in total. The van der Waals surface area contributed by atoms with Crippen molar-refractivity contribution in [2.75, 3.05) is 6.54 Å². The Hall–Kier alpha value is -1.64. The molecule has 108 valence electrons. The molecule has 0 aromatic heterocycles. The van der Waals surface area contributed by atoms with Gasteiger partial charge in [-0.3, -0.25) is 4.79 Å². The number of carbonyl (C=O) groups is 1. The van der Waals surface area contributed by atoms with E-state index in [2.05, 4.69) is 17.4 Å². The number of ketones is 1. The third-order valence-electron chi connectivity index (χ3n) is 4.06. The van der Waals surface area contributed by atoms with Crippen LogP contribution in [0, 0.1) is 6.92 Å². The van der Waals surface area contributed by atoms with Crippen molar-refractivity contribution in [2.24, 2.45) is 0 Å². The fourth-order valence-corrected chi connectivity index (χ4v) is 3.19. The van der Waals surface area contributed by atoms with E-state index in [1.54, 1.807) is 0 Å². The van der Waals surface area contributed by atoms with Crippen LogP contribution in [0.1, 0.15) is 28.2 Å². The number of aryl methyl sites for hydroxylation is 1. The molecule has 0 radical (unpaired) electrons. The lowest BCUT2D eigenvalue weighted by Crippen LogP contribution is -2.33. The first-order valence-corrected chi connectivity index (χ1v) is 7.59. The van der Waals surface area contributed by atoms with Gasteiger partial charge in [-0.2, -0.15) is 0 Å². The number of Topliss-reactive ketones (excluding diaryl/α,β-unsaturated/α-hetero) is 1. The zero-order valence-electron chi connectivity index (χ0n) is 12.0. The van der Waals surface area contributed by atoms with Crippen LogP contribution < -0.4 is 5.32 Å². The minimum Gasteiger partial charge on any atom is -0.312 e. The van der Waals surface area contributed by atoms with Crippen LogP contribution in [0.4, 0.5) is 0 Å². The second kappa shape index (κ2) is 6.00. The Morgan fingerprint density at radius 1 is 1.29 bits per heavy atom. The Morgan fingerprint density at radius 2 is 2.10 bits per heavy atom. The molecule has 2 aromatic carbocycles. The maximum absolute atomic E-state index is 12.7. The van der Waals surface area contributed by atoms with Crippen molar-refractivity contribution in [1.29, 1.82) is 0 Å². The normalized spacial score (nSPS) is 17.3. The van der Waals surface area contributed by atoms with E-state index in [0.717, 1.165) is 23.2 Å². The molecule has 3 rings (SSSR count). The third kappa shape index (κ3) is 3.02. The Labute approximate surface area is 130 Å². The number of hydrogen-bond donors (Lipinski definition) is 1. The minimum atomic E-state index is -0.0766. The number of halogens is 1. The molecule has 1 heterocycles. The molecule has 21 heavy (non-hydrogen) atoms. The summed E-state index contributed by atoms with van der Waals surface area (Å²) in [7, 11) is 0. The Bertz CT molecular complexity index is 681. The van der Waals surface area contributed by atoms with E-state index in [1.165, 1.54) is 5.56 Å². The Morgan fingerprint density at radius 3 is 2.90 bits per heavy atom. The molecule has 0 amide bonds. The third-order valence-corrected chi connectivity index (χ3v) is 4.41. The lowest BCUT2D eigenvalue weighted by Gasteiger charge is -2.25. The van der Waals surface area contributed by atoms with Gasteiger partial charge in [0.15, 0.2) is 0 Å². The van der Waals surface area contributed by atoms with E-state index in [4.69, 9.17) is 11.6 Å². The van der Waals surface area contributed by atoms with E-state index in [-0.39, 0.29) is 11.7 Å². The van der Waals surface area contributed by atoms with Crippen molar-refractivity contribution in [3.8, 4) is 0 Å². The van der Waals surface area contributed by atoms with Crippen molar-refractivity contribution in [3.63, 3.8) is 0 Å². The molecule has 0 bridgehead atoms. The van der Waals surface area contributed by atoms with Crippen LogP contribution in [0.5, 0.6) is 0 Å². The zero-order valence-corrected chi connectivity index (χ0v) is 12.8. The summed E-state index contributed by atoms with van der Waals surface area (Å²) in [6, 6.07) is 14.0. The fourth-order valence-electron chi connectivity index (χ4n) is 2.89. The lowest BCUT2D eigenvalue weighted by molar-refractivity contribution is -0.119. The summed E-state index contributed by atoms with van der Waals surface area (Å²) >= 11 is 6.24. The van der Waals surface area contributed by atoms with Crippen LogP contribution in [-0.4, -0.2) is 12.3 Å². The monoisotopic (exact) mass is 299 g/mol. The standard InChI is InChI=1S/C18H18ClNO/c1-12-6-7-13(17(19)8-12)9-18(21)16-11-20-10-14-4-2-3-5-15(14)16/h2-8,16,20H,9-11H2,1H3. The number of hydrogen-bond acceptors (Lipinski definition) is 2. The van der Waals surface area contributed by atoms with Crippen LogP contribution in [-0.2, 0) is 17.8 Å². The van der Waals surface area contributed by atoms with Crippen LogP contribution >= 0.6 is 11.6 Å². The van der Waals surface area contributed by atoms with Gasteiger partial charge in [0.05, 0.1) is 5.92 Å². The average molecular weight is 300 g/mol. The summed E-state index contributed by atoms with van der Waals surface area (Å²) in [5, 5.41) is 4.01. The summed E-state index contributed by atoms with van der Waals surface area (Å²) in [5.74, 6) is 0.146. The minimum absolute atomic E-state index is 0.0766. The summed E-state index contributed by atoms with van der Waals surface area (Å²) < 4.78 is 0. The van der Waals surface area contributed by atoms with Gasteiger partial charge in [-0.1, -0.05) is 48.0 Å². The van der Waals surface area contributed by atoms with Crippen LogP contribution in [0.25, 0.3) is 0 Å². The van der Waals surface area contributed by atoms with Gasteiger partial charge in [-0.15, -0.1) is 0 Å². The first kappa shape index (κ1) is 14.3. The highest BCUT2D eigenvalue weighted by molar-refractivity contribution is 6.31. The Kier molecular flexibility index (Phi) is 4.09. The molecule has 1 aliphatic heterocycles. The predicted molar refractivity (Wildman–Crippen MR) is 85.8 cm³/mol. The largest absolute Gasteiger partial charge is 0.312 e. The highest BCUT2D eigenvalue weighted by Gasteiger charge is 2.26. The van der Waals surface area contributed by atoms with Gasteiger partial charge < -0.3 is 5.32 Å². The molecule has 1 unspecified atom stereocenters. The van der Waals surface area contributed by atoms with Crippen LogP contribution in [0.2, 0.25) is 5.02 Å². The average Bonchev–Trinajstić information content (AvgIpc) is 2.49. The van der Waals surface area contributed by atoms with Crippen molar-refractivity contribution in [3.05, 3.63) is 69.7 Å². The van der Waals surface area contributed by atoms with Gasteiger partial charge in [0.25, 0.3) is 0 Å². The SMILES string of the molecule is Cc1ccc(CC(=O)C2CNCc3ccccc32)c(Cl)c1. The van der Waals surface area contributed by atoms with E-state index in [1.807, 2.05) is 37.3 Å². The molecule has 0 saturated heterocycles. The highest BCUT2D eigenvalue weighted by atomic mass is 35.5. The predicted octanol–water partition coefficient (Wildman–Crippen LogP) is 3.65. The van der Waals surface area contributed by atoms with Crippen molar-refractivity contribution in [1.82, 2.24) is 5.32 Å². The topological polar surface area (TPSA) is 29.1 Å². The van der Waals surface area contributed by atoms with Gasteiger partial charge in [0.1, 0.15) is 5.78 Å². The zero-order chi connectivity index (χ0) is 14.8. The first-order chi connectivity index (χ1) is 10.1. The smallest absolute Gasteiger partial charge is 0.146 e. The summed E-state index contributed by atoms with van der Waals surface area (Å²) in [5.41, 5.74) is 4.40. The molecule has 1 aliphatic rings. The van der Waals surface area contributed by atoms with E-state index < -0.39 is 0 Å². The first-order valence-electron chi connectivity index (χ1n) is 7.21. The molecule has 3 heteroatoms. The van der Waals surface area contributed by atoms with Crippen LogP contribution in [0.15, 0.2) is 42.5 Å². The van der Waals surface area contributed by atoms with E-state index >= 15 is 0 Å².